The van der Waals surface area contributed by atoms with Crippen molar-refractivity contribution >= 4 is 48.1 Å². The monoisotopic (exact) mass is 705 g/mol. The highest BCUT2D eigenvalue weighted by Crippen LogP contribution is 2.30. The molecule has 0 fully saturated rings. The van der Waals surface area contributed by atoms with E-state index in [1.807, 2.05) is 39.0 Å². The van der Waals surface area contributed by atoms with Crippen molar-refractivity contribution in [3.05, 3.63) is 127 Å². The number of hydrogen-bond donors (Lipinski definition) is 7. The molecule has 0 aliphatic carbocycles. The van der Waals surface area contributed by atoms with Gasteiger partial charge in [-0.25, -0.2) is 0 Å². The van der Waals surface area contributed by atoms with Gasteiger partial charge in [0.2, 0.25) is 5.91 Å². The summed E-state index contributed by atoms with van der Waals surface area (Å²) >= 11 is 0. The molecule has 11 heteroatoms. The molecule has 3 aromatic heterocycles. The number of nitrogens with two attached hydrogens (primary N) is 1. The lowest BCUT2D eigenvalue weighted by molar-refractivity contribution is -0.138. The van der Waals surface area contributed by atoms with Gasteiger partial charge in [0.1, 0.15) is 0 Å². The van der Waals surface area contributed by atoms with Gasteiger partial charge in [0.05, 0.1) is 5.70 Å². The highest BCUT2D eigenvalue weighted by Gasteiger charge is 2.24. The molecule has 52 heavy (non-hydrogen) atoms. The molecule has 0 radical (unpaired) electrons. The van der Waals surface area contributed by atoms with Gasteiger partial charge in [0.25, 0.3) is 5.91 Å². The second-order valence-corrected chi connectivity index (χ2v) is 12.9. The third kappa shape index (κ3) is 8.26. The molecule has 272 valence electrons. The predicted octanol–water partition coefficient (Wildman–Crippen LogP) is 4.82. The minimum atomic E-state index is -0.924. The van der Waals surface area contributed by atoms with Crippen LogP contribution in [0.1, 0.15) is 89.3 Å². The van der Waals surface area contributed by atoms with Crippen molar-refractivity contribution < 1.29 is 29.4 Å². The predicted molar refractivity (Wildman–Crippen MR) is 204 cm³/mol. The van der Waals surface area contributed by atoms with Crippen molar-refractivity contribution in [3.8, 4) is 0 Å². The third-order valence-corrected chi connectivity index (χ3v) is 9.80. The molecule has 11 nitrogen and oxygen atoms in total. The number of nitrogens with one attached hydrogen (secondary N) is 4. The van der Waals surface area contributed by atoms with Gasteiger partial charge in [-0.1, -0.05) is 44.0 Å². The average molecular weight is 706 g/mol. The maximum absolute atomic E-state index is 12.4. The smallest absolute Gasteiger partial charge is 0.303 e. The van der Waals surface area contributed by atoms with Crippen LogP contribution in [0.4, 0.5) is 0 Å². The summed E-state index contributed by atoms with van der Waals surface area (Å²) in [6.45, 7) is 20.9. The fourth-order valence-electron chi connectivity index (χ4n) is 6.62. The van der Waals surface area contributed by atoms with E-state index in [4.69, 9.17) is 5.73 Å². The molecule has 0 bridgehead atoms. The van der Waals surface area contributed by atoms with E-state index in [0.717, 1.165) is 72.4 Å². The number of primary amides is 1. The van der Waals surface area contributed by atoms with Gasteiger partial charge in [-0.15, -0.1) is 0 Å². The molecule has 0 unspecified atom stereocenters. The Labute approximate surface area is 302 Å². The number of aromatic amines is 3. The number of hydrogen-bond acceptors (Lipinski definition) is 4. The van der Waals surface area contributed by atoms with Crippen LogP contribution in [-0.4, -0.2) is 48.9 Å². The minimum Gasteiger partial charge on any atom is -0.481 e. The number of rotatable bonds is 16. The number of carbonyl (C=O) groups excluding carboxylic acids is 2. The lowest BCUT2D eigenvalue weighted by Gasteiger charge is -2.07. The fraction of sp³-hybridized carbons (Fsp3) is 0.268. The first-order valence-electron chi connectivity index (χ1n) is 17.0. The Kier molecular flexibility index (Phi) is 12.1. The Morgan fingerprint density at radius 2 is 1.35 bits per heavy atom. The highest BCUT2D eigenvalue weighted by molar-refractivity contribution is 6.01. The average Bonchev–Trinajstić information content (AvgIpc) is 3.75. The number of carboxylic acids is 2. The minimum absolute atomic E-state index is 0.0731. The number of aliphatic carboxylic acids is 2. The molecule has 8 N–H and O–H groups in total. The van der Waals surface area contributed by atoms with Crippen LogP contribution in [0.3, 0.4) is 0 Å². The van der Waals surface area contributed by atoms with Crippen molar-refractivity contribution in [2.45, 2.75) is 73.1 Å². The van der Waals surface area contributed by atoms with Crippen LogP contribution in [0, 0.1) is 20.8 Å². The summed E-state index contributed by atoms with van der Waals surface area (Å²) in [5.41, 5.74) is 16.9. The van der Waals surface area contributed by atoms with Crippen LogP contribution in [-0.2, 0) is 38.4 Å². The molecular weight excluding hydrogens is 658 g/mol. The van der Waals surface area contributed by atoms with Crippen molar-refractivity contribution in [3.63, 3.8) is 0 Å². The summed E-state index contributed by atoms with van der Waals surface area (Å²) in [7, 11) is 0. The largest absolute Gasteiger partial charge is 0.481 e. The van der Waals surface area contributed by atoms with Crippen molar-refractivity contribution in [1.29, 1.82) is 0 Å². The molecule has 0 saturated heterocycles. The molecule has 4 rings (SSSR count). The zero-order chi connectivity index (χ0) is 38.4. The summed E-state index contributed by atoms with van der Waals surface area (Å²) in [5.74, 6) is -2.55. The maximum atomic E-state index is 12.4. The second kappa shape index (κ2) is 16.3. The quantitative estimate of drug-likeness (QED) is 0.0824. The van der Waals surface area contributed by atoms with Crippen LogP contribution in [0.2, 0.25) is 0 Å². The van der Waals surface area contributed by atoms with Gasteiger partial charge in [-0.05, 0) is 99.4 Å². The van der Waals surface area contributed by atoms with Gasteiger partial charge in [-0.2, -0.15) is 0 Å². The summed E-state index contributed by atoms with van der Waals surface area (Å²) < 4.78 is 0. The van der Waals surface area contributed by atoms with Gasteiger partial charge in [0.15, 0.2) is 0 Å². The number of aromatic nitrogens is 3. The van der Waals surface area contributed by atoms with E-state index >= 15 is 0 Å². The van der Waals surface area contributed by atoms with E-state index in [9.17, 15) is 29.4 Å². The van der Waals surface area contributed by atoms with Crippen LogP contribution < -0.4 is 21.7 Å². The van der Waals surface area contributed by atoms with Crippen molar-refractivity contribution in [1.82, 2.24) is 20.3 Å². The number of carbonyl (C=O) groups is 4. The molecule has 2 amide bonds. The maximum Gasteiger partial charge on any atom is 0.303 e. The standard InChI is InChI=1S/C41H47N5O6/c1-9-26(21(4)40(42)51)12-15-31-22(5)27(10-2)34(43-31)18-32-23(6)29(13-16-38(47)48)36(44-32)20-37-30(14-17-39(49)50)24(7)33(45-37)19-35-28(11-3)25(8)41(52)46-35/h9-11,15,18-19,43-45H,1-3,12-14,16-17,20H2,4-8H3,(H2,42,51)(H,46,52)(H,47,48)(H,49,50)/b26-21-,31-15+,34-18-,35-19-. The SMILES string of the molecule is C=CC1=C(C)C(=O)N/C1=C\c1[nH]c(Cc2[nH]c(/C=c3\[nH]/c(=C/C/C(C=C)=C(/C)C(N)=O)c(C)c3C=C)c(C)c2CCC(=O)O)c(CCC(=O)O)c1C. The Morgan fingerprint density at radius 3 is 1.83 bits per heavy atom. The highest BCUT2D eigenvalue weighted by atomic mass is 16.4. The van der Waals surface area contributed by atoms with E-state index in [1.54, 1.807) is 32.1 Å². The van der Waals surface area contributed by atoms with Gasteiger partial charge < -0.3 is 36.2 Å². The van der Waals surface area contributed by atoms with E-state index in [0.29, 0.717) is 35.3 Å². The second-order valence-electron chi connectivity index (χ2n) is 12.9. The van der Waals surface area contributed by atoms with E-state index in [1.165, 1.54) is 0 Å². The Hall–Kier alpha value is -6.10. The lowest BCUT2D eigenvalue weighted by atomic mass is 9.98. The lowest BCUT2D eigenvalue weighted by Crippen LogP contribution is -2.15. The Balaban J connectivity index is 1.85. The van der Waals surface area contributed by atoms with Crippen molar-refractivity contribution in [2.24, 2.45) is 5.73 Å². The zero-order valence-electron chi connectivity index (χ0n) is 30.4. The van der Waals surface area contributed by atoms with Crippen LogP contribution in [0.5, 0.6) is 0 Å². The Morgan fingerprint density at radius 1 is 0.788 bits per heavy atom. The summed E-state index contributed by atoms with van der Waals surface area (Å²) in [5, 5.41) is 23.7. The van der Waals surface area contributed by atoms with Gasteiger partial charge in [-0.3, -0.25) is 19.2 Å². The zero-order valence-corrected chi connectivity index (χ0v) is 30.4. The molecule has 1 aliphatic heterocycles. The summed E-state index contributed by atoms with van der Waals surface area (Å²) in [4.78, 5) is 58.0. The molecule has 1 aliphatic rings. The molecule has 0 saturated carbocycles. The molecular formula is C41H47N5O6. The number of amides is 2. The number of H-pyrrole nitrogens is 3. The number of carboxylic acid groups (broad SMARTS) is 2. The van der Waals surface area contributed by atoms with E-state index < -0.39 is 17.8 Å². The topological polar surface area (TPSA) is 194 Å². The van der Waals surface area contributed by atoms with E-state index in [-0.39, 0.29) is 31.6 Å². The first kappa shape index (κ1) is 38.7. The molecule has 0 spiro atoms. The first-order chi connectivity index (χ1) is 24.6. The normalized spacial score (nSPS) is 14.9. The van der Waals surface area contributed by atoms with Crippen LogP contribution in [0.25, 0.3) is 24.3 Å². The fourth-order valence-corrected chi connectivity index (χ4v) is 6.62. The Bertz CT molecular complexity index is 2230. The molecule has 3 aromatic rings. The molecule has 0 atom stereocenters. The molecule has 4 heterocycles. The van der Waals surface area contributed by atoms with Gasteiger partial charge in [0, 0.05) is 75.0 Å². The van der Waals surface area contributed by atoms with Crippen molar-refractivity contribution in [2.75, 3.05) is 0 Å². The number of allylic oxidation sites excluding steroid dienone is 3. The summed E-state index contributed by atoms with van der Waals surface area (Å²) in [6.07, 6.45) is 12.0. The summed E-state index contributed by atoms with van der Waals surface area (Å²) in [6, 6.07) is 0. The van der Waals surface area contributed by atoms with Crippen LogP contribution >= 0.6 is 0 Å². The third-order valence-electron chi connectivity index (χ3n) is 9.80. The van der Waals surface area contributed by atoms with Gasteiger partial charge >= 0.3 is 11.9 Å². The van der Waals surface area contributed by atoms with Crippen LogP contribution in [0.15, 0.2) is 59.9 Å². The molecule has 0 aromatic carbocycles. The first-order valence-corrected chi connectivity index (χ1v) is 17.0. The van der Waals surface area contributed by atoms with E-state index in [2.05, 4.69) is 40.0 Å².